The van der Waals surface area contributed by atoms with Gasteiger partial charge in [0, 0.05) is 32.7 Å². The van der Waals surface area contributed by atoms with Gasteiger partial charge in [0.2, 0.25) is 0 Å². The minimum atomic E-state index is -0.732. The first kappa shape index (κ1) is 16.0. The summed E-state index contributed by atoms with van der Waals surface area (Å²) in [4.78, 5) is 40.6. The molecule has 0 spiro atoms. The highest BCUT2D eigenvalue weighted by atomic mass is 16.2. The van der Waals surface area contributed by atoms with E-state index >= 15 is 0 Å². The van der Waals surface area contributed by atoms with E-state index < -0.39 is 17.8 Å². The van der Waals surface area contributed by atoms with Crippen molar-refractivity contribution < 1.29 is 14.4 Å². The predicted octanol–water partition coefficient (Wildman–Crippen LogP) is 1.32. The fourth-order valence-electron chi connectivity index (χ4n) is 2.45. The van der Waals surface area contributed by atoms with E-state index in [9.17, 15) is 14.4 Å². The SMILES string of the molecule is CCN1CCN(C(=O)N(CC)Cc2ccccc2)C(=O)C1=O. The van der Waals surface area contributed by atoms with Gasteiger partial charge in [-0.2, -0.15) is 0 Å². The molecule has 1 saturated heterocycles. The number of amides is 4. The van der Waals surface area contributed by atoms with Crippen LogP contribution in [0.4, 0.5) is 4.79 Å². The third-order valence-corrected chi connectivity index (χ3v) is 3.79. The van der Waals surface area contributed by atoms with Crippen LogP contribution in [0.2, 0.25) is 0 Å². The molecule has 0 aromatic heterocycles. The van der Waals surface area contributed by atoms with Gasteiger partial charge in [-0.05, 0) is 19.4 Å². The number of carbonyl (C=O) groups is 3. The summed E-state index contributed by atoms with van der Waals surface area (Å²) in [7, 11) is 0. The molecule has 0 bridgehead atoms. The quantitative estimate of drug-likeness (QED) is 0.788. The topological polar surface area (TPSA) is 60.9 Å². The van der Waals surface area contributed by atoms with Gasteiger partial charge in [0.15, 0.2) is 0 Å². The zero-order chi connectivity index (χ0) is 16.1. The van der Waals surface area contributed by atoms with E-state index in [0.717, 1.165) is 10.5 Å². The van der Waals surface area contributed by atoms with Crippen molar-refractivity contribution in [3.05, 3.63) is 35.9 Å². The van der Waals surface area contributed by atoms with Gasteiger partial charge >= 0.3 is 17.8 Å². The number of carbonyl (C=O) groups excluding carboxylic acids is 3. The van der Waals surface area contributed by atoms with Crippen LogP contribution in [0.3, 0.4) is 0 Å². The molecule has 1 aliphatic heterocycles. The molecule has 2 rings (SSSR count). The molecule has 0 unspecified atom stereocenters. The molecule has 0 N–H and O–H groups in total. The van der Waals surface area contributed by atoms with E-state index in [1.807, 2.05) is 44.2 Å². The summed E-state index contributed by atoms with van der Waals surface area (Å²) in [6.45, 7) is 5.70. The number of hydrogen-bond donors (Lipinski definition) is 0. The number of piperazine rings is 1. The van der Waals surface area contributed by atoms with Crippen LogP contribution >= 0.6 is 0 Å². The molecule has 1 heterocycles. The lowest BCUT2D eigenvalue weighted by Gasteiger charge is -2.34. The maximum atomic E-state index is 12.5. The van der Waals surface area contributed by atoms with E-state index in [1.54, 1.807) is 4.90 Å². The highest BCUT2D eigenvalue weighted by molar-refractivity contribution is 6.38. The number of rotatable bonds is 4. The smallest absolute Gasteiger partial charge is 0.327 e. The van der Waals surface area contributed by atoms with Crippen LogP contribution in [-0.4, -0.2) is 58.7 Å². The van der Waals surface area contributed by atoms with Gasteiger partial charge < -0.3 is 9.80 Å². The Morgan fingerprint density at radius 3 is 2.36 bits per heavy atom. The lowest BCUT2D eigenvalue weighted by Crippen LogP contribution is -2.58. The summed E-state index contributed by atoms with van der Waals surface area (Å²) >= 11 is 0. The molecule has 1 aliphatic rings. The monoisotopic (exact) mass is 303 g/mol. The van der Waals surface area contributed by atoms with Crippen molar-refractivity contribution in [3.8, 4) is 0 Å². The van der Waals surface area contributed by atoms with Crippen molar-refractivity contribution in [3.63, 3.8) is 0 Å². The minimum absolute atomic E-state index is 0.253. The molecule has 0 saturated carbocycles. The predicted molar refractivity (Wildman–Crippen MR) is 81.9 cm³/mol. The summed E-state index contributed by atoms with van der Waals surface area (Å²) in [6, 6.07) is 9.18. The van der Waals surface area contributed by atoms with E-state index in [2.05, 4.69) is 0 Å². The fraction of sp³-hybridized carbons (Fsp3) is 0.438. The Kier molecular flexibility index (Phi) is 5.14. The Hall–Kier alpha value is -2.37. The second kappa shape index (κ2) is 7.06. The molecule has 4 amide bonds. The molecule has 6 heteroatoms. The van der Waals surface area contributed by atoms with Gasteiger partial charge in [-0.15, -0.1) is 0 Å². The number of benzene rings is 1. The maximum Gasteiger partial charge on any atom is 0.327 e. The van der Waals surface area contributed by atoms with Crippen LogP contribution in [0.1, 0.15) is 19.4 Å². The third-order valence-electron chi connectivity index (χ3n) is 3.79. The lowest BCUT2D eigenvalue weighted by molar-refractivity contribution is -0.153. The van der Waals surface area contributed by atoms with Crippen LogP contribution in [0.25, 0.3) is 0 Å². The van der Waals surface area contributed by atoms with Crippen molar-refractivity contribution in [2.75, 3.05) is 26.2 Å². The first-order valence-electron chi connectivity index (χ1n) is 7.52. The van der Waals surface area contributed by atoms with Gasteiger partial charge in [0.05, 0.1) is 0 Å². The fourth-order valence-corrected chi connectivity index (χ4v) is 2.45. The molecule has 1 aromatic rings. The normalized spacial score (nSPS) is 15.2. The Labute approximate surface area is 130 Å². The molecule has 118 valence electrons. The molecule has 0 atom stereocenters. The minimum Gasteiger partial charge on any atom is -0.333 e. The zero-order valence-electron chi connectivity index (χ0n) is 13.0. The molecule has 6 nitrogen and oxygen atoms in total. The van der Waals surface area contributed by atoms with Crippen molar-refractivity contribution in [1.82, 2.24) is 14.7 Å². The van der Waals surface area contributed by atoms with Crippen LogP contribution in [0.15, 0.2) is 30.3 Å². The van der Waals surface area contributed by atoms with Crippen molar-refractivity contribution in [1.29, 1.82) is 0 Å². The van der Waals surface area contributed by atoms with Crippen molar-refractivity contribution in [2.24, 2.45) is 0 Å². The second-order valence-corrected chi connectivity index (χ2v) is 5.12. The standard InChI is InChI=1S/C16H21N3O3/c1-3-17-10-11-19(15(21)14(17)20)16(22)18(4-2)12-13-8-6-5-7-9-13/h5-9H,3-4,10-12H2,1-2H3. The first-order chi connectivity index (χ1) is 10.6. The molecular formula is C16H21N3O3. The average Bonchev–Trinajstić information content (AvgIpc) is 2.55. The summed E-state index contributed by atoms with van der Waals surface area (Å²) in [5.74, 6) is -1.33. The van der Waals surface area contributed by atoms with Crippen LogP contribution in [0, 0.1) is 0 Å². The van der Waals surface area contributed by atoms with Gasteiger partial charge in [-0.25, -0.2) is 4.79 Å². The van der Waals surface area contributed by atoms with E-state index in [4.69, 9.17) is 0 Å². The van der Waals surface area contributed by atoms with E-state index in [0.29, 0.717) is 26.2 Å². The average molecular weight is 303 g/mol. The number of imide groups is 1. The van der Waals surface area contributed by atoms with Crippen LogP contribution < -0.4 is 0 Å². The van der Waals surface area contributed by atoms with Gasteiger partial charge in [0.1, 0.15) is 0 Å². The Morgan fingerprint density at radius 2 is 1.77 bits per heavy atom. The number of urea groups is 1. The number of likely N-dealkylation sites (N-methyl/N-ethyl adjacent to an activating group) is 1. The van der Waals surface area contributed by atoms with Gasteiger partial charge in [-0.3, -0.25) is 14.5 Å². The number of hydrogen-bond acceptors (Lipinski definition) is 3. The Balaban J connectivity index is 2.08. The summed E-state index contributed by atoms with van der Waals surface area (Å²) in [5, 5.41) is 0. The first-order valence-corrected chi connectivity index (χ1v) is 7.52. The van der Waals surface area contributed by atoms with Crippen LogP contribution in [0.5, 0.6) is 0 Å². The summed E-state index contributed by atoms with van der Waals surface area (Å²) in [5.41, 5.74) is 0.990. The summed E-state index contributed by atoms with van der Waals surface area (Å²) in [6.07, 6.45) is 0. The van der Waals surface area contributed by atoms with Gasteiger partial charge in [-0.1, -0.05) is 30.3 Å². The Bertz CT molecular complexity index is 559. The van der Waals surface area contributed by atoms with E-state index in [1.165, 1.54) is 4.90 Å². The molecular weight excluding hydrogens is 282 g/mol. The zero-order valence-corrected chi connectivity index (χ0v) is 13.0. The number of nitrogens with zero attached hydrogens (tertiary/aromatic N) is 3. The highest BCUT2D eigenvalue weighted by Crippen LogP contribution is 2.11. The maximum absolute atomic E-state index is 12.5. The van der Waals surface area contributed by atoms with Crippen LogP contribution in [-0.2, 0) is 16.1 Å². The third kappa shape index (κ3) is 3.27. The molecule has 0 aliphatic carbocycles. The molecule has 1 fully saturated rings. The Morgan fingerprint density at radius 1 is 1.09 bits per heavy atom. The lowest BCUT2D eigenvalue weighted by atomic mass is 10.2. The van der Waals surface area contributed by atoms with E-state index in [-0.39, 0.29) is 6.54 Å². The van der Waals surface area contributed by atoms with Crippen molar-refractivity contribution >= 4 is 17.8 Å². The summed E-state index contributed by atoms with van der Waals surface area (Å²) < 4.78 is 0. The molecule has 0 radical (unpaired) electrons. The largest absolute Gasteiger partial charge is 0.333 e. The molecule has 22 heavy (non-hydrogen) atoms. The molecule has 1 aromatic carbocycles. The van der Waals surface area contributed by atoms with Crippen molar-refractivity contribution in [2.45, 2.75) is 20.4 Å². The highest BCUT2D eigenvalue weighted by Gasteiger charge is 2.36. The van der Waals surface area contributed by atoms with Gasteiger partial charge in [0.25, 0.3) is 0 Å². The second-order valence-electron chi connectivity index (χ2n) is 5.12.